The molecule has 6 nitrogen and oxygen atoms in total. The number of anilines is 1. The van der Waals surface area contributed by atoms with E-state index in [1.807, 2.05) is 31.3 Å². The van der Waals surface area contributed by atoms with E-state index in [0.717, 1.165) is 30.3 Å². The predicted octanol–water partition coefficient (Wildman–Crippen LogP) is 4.10. The second kappa shape index (κ2) is 8.98. The second-order valence-electron chi connectivity index (χ2n) is 7.56. The highest BCUT2D eigenvalue weighted by Crippen LogP contribution is 2.47. The Labute approximate surface area is 182 Å². The number of halogens is 1. The predicted molar refractivity (Wildman–Crippen MR) is 121 cm³/mol. The molecular formula is C21H27IN4O2. The molecule has 1 amide bonds. The number of rotatable bonds is 4. The first kappa shape index (κ1) is 20.7. The van der Waals surface area contributed by atoms with E-state index in [1.54, 1.807) is 12.1 Å². The van der Waals surface area contributed by atoms with Crippen molar-refractivity contribution in [2.75, 3.05) is 25.5 Å². The zero-order valence-corrected chi connectivity index (χ0v) is 18.4. The minimum Gasteiger partial charge on any atom is -0.459 e. The molecule has 4 rings (SSSR count). The molecule has 1 aliphatic carbocycles. The zero-order chi connectivity index (χ0) is 18.7. The number of aliphatic imine (C=N–C) groups is 1. The number of nitrogens with zero attached hydrogens (tertiary/aromatic N) is 2. The number of benzene rings is 1. The van der Waals surface area contributed by atoms with Gasteiger partial charge < -0.3 is 20.0 Å². The van der Waals surface area contributed by atoms with Crippen LogP contribution in [0.1, 0.15) is 41.8 Å². The van der Waals surface area contributed by atoms with E-state index in [-0.39, 0.29) is 29.9 Å². The van der Waals surface area contributed by atoms with Crippen molar-refractivity contribution in [2.45, 2.75) is 32.2 Å². The van der Waals surface area contributed by atoms with Crippen LogP contribution in [-0.4, -0.2) is 36.9 Å². The molecule has 0 bridgehead atoms. The molecule has 150 valence electrons. The van der Waals surface area contributed by atoms with E-state index in [9.17, 15) is 4.79 Å². The number of furan rings is 1. The Morgan fingerprint density at radius 2 is 2.11 bits per heavy atom. The molecule has 1 spiro atoms. The van der Waals surface area contributed by atoms with Crippen molar-refractivity contribution in [2.24, 2.45) is 10.4 Å². The summed E-state index contributed by atoms with van der Waals surface area (Å²) >= 11 is 0. The number of nitrogens with one attached hydrogen (secondary N) is 2. The molecule has 0 unspecified atom stereocenters. The number of carbonyl (C=O) groups excluding carboxylic acids is 1. The lowest BCUT2D eigenvalue weighted by Gasteiger charge is -2.38. The summed E-state index contributed by atoms with van der Waals surface area (Å²) in [5.41, 5.74) is 2.39. The van der Waals surface area contributed by atoms with Gasteiger partial charge in [-0.1, -0.05) is 18.6 Å². The molecule has 1 aromatic carbocycles. The zero-order valence-electron chi connectivity index (χ0n) is 16.1. The van der Waals surface area contributed by atoms with Crippen LogP contribution in [0, 0.1) is 5.41 Å². The molecule has 1 saturated carbocycles. The average Bonchev–Trinajstić information content (AvgIpc) is 3.33. The molecule has 2 aromatic rings. The van der Waals surface area contributed by atoms with Gasteiger partial charge in [-0.15, -0.1) is 24.0 Å². The van der Waals surface area contributed by atoms with Gasteiger partial charge in [0, 0.05) is 32.4 Å². The maximum atomic E-state index is 12.1. The summed E-state index contributed by atoms with van der Waals surface area (Å²) in [6.07, 6.45) is 6.86. The van der Waals surface area contributed by atoms with Crippen molar-refractivity contribution in [3.8, 4) is 0 Å². The van der Waals surface area contributed by atoms with Crippen LogP contribution in [0.2, 0.25) is 0 Å². The fraction of sp³-hybridized carbons (Fsp3) is 0.429. The van der Waals surface area contributed by atoms with Crippen molar-refractivity contribution < 1.29 is 9.21 Å². The van der Waals surface area contributed by atoms with Crippen molar-refractivity contribution in [1.82, 2.24) is 10.2 Å². The number of likely N-dealkylation sites (tertiary alicyclic amines) is 1. The Bertz CT molecular complexity index is 831. The topological polar surface area (TPSA) is 69.9 Å². The third kappa shape index (κ3) is 4.51. The Balaban J connectivity index is 0.00000225. The Hall–Kier alpha value is -2.03. The normalized spacial score (nSPS) is 17.8. The van der Waals surface area contributed by atoms with Gasteiger partial charge in [0.1, 0.15) is 0 Å². The van der Waals surface area contributed by atoms with E-state index < -0.39 is 0 Å². The van der Waals surface area contributed by atoms with E-state index in [4.69, 9.17) is 4.42 Å². The van der Waals surface area contributed by atoms with Gasteiger partial charge in [0.2, 0.25) is 0 Å². The molecular weight excluding hydrogens is 467 g/mol. The molecule has 1 aromatic heterocycles. The van der Waals surface area contributed by atoms with Crippen molar-refractivity contribution >= 4 is 41.5 Å². The van der Waals surface area contributed by atoms with Crippen LogP contribution in [0.15, 0.2) is 52.1 Å². The lowest BCUT2D eigenvalue weighted by Crippen LogP contribution is -2.42. The molecule has 0 atom stereocenters. The van der Waals surface area contributed by atoms with E-state index in [2.05, 4.69) is 20.5 Å². The van der Waals surface area contributed by atoms with Crippen LogP contribution in [0.5, 0.6) is 0 Å². The number of carbonyl (C=O) groups is 1. The van der Waals surface area contributed by atoms with E-state index in [0.29, 0.717) is 17.7 Å². The van der Waals surface area contributed by atoms with Crippen LogP contribution < -0.4 is 10.6 Å². The second-order valence-corrected chi connectivity index (χ2v) is 7.56. The maximum absolute atomic E-state index is 12.1. The Morgan fingerprint density at radius 3 is 2.75 bits per heavy atom. The fourth-order valence-electron chi connectivity index (χ4n) is 4.07. The first-order valence-corrected chi connectivity index (χ1v) is 9.57. The first-order valence-electron chi connectivity index (χ1n) is 9.57. The summed E-state index contributed by atoms with van der Waals surface area (Å²) in [5, 5.41) is 6.33. The van der Waals surface area contributed by atoms with Crippen LogP contribution in [0.3, 0.4) is 0 Å². The third-order valence-electron chi connectivity index (χ3n) is 5.74. The molecule has 0 radical (unpaired) electrons. The van der Waals surface area contributed by atoms with Crippen LogP contribution in [0.4, 0.5) is 5.69 Å². The Kier molecular flexibility index (Phi) is 6.64. The quantitative estimate of drug-likeness (QED) is 0.382. The van der Waals surface area contributed by atoms with Gasteiger partial charge in [-0.25, -0.2) is 0 Å². The van der Waals surface area contributed by atoms with Crippen LogP contribution >= 0.6 is 24.0 Å². The van der Waals surface area contributed by atoms with Gasteiger partial charge in [0.25, 0.3) is 5.91 Å². The highest BCUT2D eigenvalue weighted by molar-refractivity contribution is 14.0. The Morgan fingerprint density at radius 1 is 1.25 bits per heavy atom. The van der Waals surface area contributed by atoms with Crippen LogP contribution in [-0.2, 0) is 6.54 Å². The monoisotopic (exact) mass is 494 g/mol. The summed E-state index contributed by atoms with van der Waals surface area (Å²) in [6, 6.07) is 11.2. The number of amides is 1. The molecule has 2 fully saturated rings. The van der Waals surface area contributed by atoms with Gasteiger partial charge in [0.15, 0.2) is 11.7 Å². The number of hydrogen-bond acceptors (Lipinski definition) is 3. The van der Waals surface area contributed by atoms with E-state index in [1.165, 1.54) is 31.9 Å². The maximum Gasteiger partial charge on any atom is 0.291 e. The van der Waals surface area contributed by atoms with Crippen molar-refractivity contribution in [1.29, 1.82) is 0 Å². The molecule has 2 aliphatic rings. The largest absolute Gasteiger partial charge is 0.459 e. The third-order valence-corrected chi connectivity index (χ3v) is 5.74. The summed E-state index contributed by atoms with van der Waals surface area (Å²) in [4.78, 5) is 19.0. The van der Waals surface area contributed by atoms with Crippen molar-refractivity contribution in [3.05, 3.63) is 54.0 Å². The van der Waals surface area contributed by atoms with Gasteiger partial charge in [-0.3, -0.25) is 9.79 Å². The lowest BCUT2D eigenvalue weighted by atomic mass is 9.68. The van der Waals surface area contributed by atoms with Crippen molar-refractivity contribution in [3.63, 3.8) is 0 Å². The SMILES string of the molecule is CN=C(NCc1cccc(NC(=O)c2ccco2)c1)N1CCC2(CCC2)C1.I. The molecule has 2 heterocycles. The molecule has 7 heteroatoms. The summed E-state index contributed by atoms with van der Waals surface area (Å²) in [5.74, 6) is 1.02. The molecule has 1 saturated heterocycles. The van der Waals surface area contributed by atoms with Gasteiger partial charge in [0.05, 0.1) is 6.26 Å². The fourth-order valence-corrected chi connectivity index (χ4v) is 4.07. The molecule has 2 N–H and O–H groups in total. The minimum absolute atomic E-state index is 0. The highest BCUT2D eigenvalue weighted by atomic mass is 127. The average molecular weight is 494 g/mol. The smallest absolute Gasteiger partial charge is 0.291 e. The number of guanidine groups is 1. The summed E-state index contributed by atoms with van der Waals surface area (Å²) in [6.45, 7) is 2.87. The first-order chi connectivity index (χ1) is 13.2. The summed E-state index contributed by atoms with van der Waals surface area (Å²) < 4.78 is 5.13. The molecule has 1 aliphatic heterocycles. The van der Waals surface area contributed by atoms with Gasteiger partial charge >= 0.3 is 0 Å². The molecule has 28 heavy (non-hydrogen) atoms. The van der Waals surface area contributed by atoms with Crippen LogP contribution in [0.25, 0.3) is 0 Å². The highest BCUT2D eigenvalue weighted by Gasteiger charge is 2.43. The minimum atomic E-state index is -0.246. The van der Waals surface area contributed by atoms with Gasteiger partial charge in [-0.05, 0) is 54.5 Å². The number of hydrogen-bond donors (Lipinski definition) is 2. The van der Waals surface area contributed by atoms with Gasteiger partial charge in [-0.2, -0.15) is 0 Å². The van der Waals surface area contributed by atoms with E-state index >= 15 is 0 Å². The summed E-state index contributed by atoms with van der Waals surface area (Å²) in [7, 11) is 1.84. The standard InChI is InChI=1S/C21H26N4O2.HI/c1-22-20(25-11-10-21(15-25)8-4-9-21)23-14-16-5-2-6-17(13-16)24-19(26)18-7-3-12-27-18;/h2-3,5-7,12-13H,4,8-11,14-15H2,1H3,(H,22,23)(H,24,26);1H. The lowest BCUT2D eigenvalue weighted by molar-refractivity contribution is 0.0996.